The Hall–Kier alpha value is -2.51. The molecular weight excluding hydrogens is 262 g/mol. The van der Waals surface area contributed by atoms with Crippen LogP contribution in [0.3, 0.4) is 0 Å². The number of esters is 1. The smallest absolute Gasteiger partial charge is 0.377 e. The van der Waals surface area contributed by atoms with Gasteiger partial charge in [-0.3, -0.25) is 10.1 Å². The Morgan fingerprint density at radius 1 is 1.42 bits per heavy atom. The van der Waals surface area contributed by atoms with Crippen molar-refractivity contribution in [2.24, 2.45) is 5.16 Å². The van der Waals surface area contributed by atoms with Crippen molar-refractivity contribution in [3.05, 3.63) is 35.4 Å². The molecule has 2 N–H and O–H groups in total. The summed E-state index contributed by atoms with van der Waals surface area (Å²) < 4.78 is 30.4. The molecule has 0 fully saturated rings. The molecule has 1 aromatic rings. The van der Waals surface area contributed by atoms with E-state index in [1.54, 1.807) is 0 Å². The molecule has 0 unspecified atom stereocenters. The fourth-order valence-electron chi connectivity index (χ4n) is 1.16. The van der Waals surface area contributed by atoms with Gasteiger partial charge in [0.15, 0.2) is 0 Å². The maximum absolute atomic E-state index is 13.3. The van der Waals surface area contributed by atoms with Gasteiger partial charge in [0.1, 0.15) is 11.6 Å². The minimum absolute atomic E-state index is 0.00136. The summed E-state index contributed by atoms with van der Waals surface area (Å²) in [7, 11) is 0. The van der Waals surface area contributed by atoms with E-state index in [0.29, 0.717) is 6.07 Å². The lowest BCUT2D eigenvalue weighted by molar-refractivity contribution is -0.135. The van der Waals surface area contributed by atoms with Gasteiger partial charge in [0, 0.05) is 6.07 Å². The quantitative estimate of drug-likeness (QED) is 0.277. The van der Waals surface area contributed by atoms with E-state index in [0.717, 1.165) is 12.1 Å². The van der Waals surface area contributed by atoms with Crippen molar-refractivity contribution in [3.8, 4) is 0 Å². The van der Waals surface area contributed by atoms with Crippen molar-refractivity contribution in [2.45, 2.75) is 6.92 Å². The van der Waals surface area contributed by atoms with Gasteiger partial charge < -0.3 is 9.94 Å². The van der Waals surface area contributed by atoms with Gasteiger partial charge in [-0.2, -0.15) is 0 Å². The molecule has 0 heterocycles. The summed E-state index contributed by atoms with van der Waals surface area (Å²) in [6.45, 7) is 1.51. The number of hydrogen-bond donors (Lipinski definition) is 2. The number of oxime groups is 1. The Morgan fingerprint density at radius 3 is 2.63 bits per heavy atom. The fourth-order valence-corrected chi connectivity index (χ4v) is 1.16. The summed E-state index contributed by atoms with van der Waals surface area (Å²) in [5, 5.41) is 12.9. The van der Waals surface area contributed by atoms with Crippen LogP contribution in [0.25, 0.3) is 0 Å². The Bertz CT molecular complexity index is 531. The van der Waals surface area contributed by atoms with Crippen molar-refractivity contribution in [1.82, 2.24) is 5.32 Å². The highest BCUT2D eigenvalue weighted by Gasteiger charge is 2.20. The third-order valence-electron chi connectivity index (χ3n) is 1.98. The van der Waals surface area contributed by atoms with Crippen LogP contribution in [-0.2, 0) is 9.53 Å². The number of ether oxygens (including phenoxy) is 1. The molecule has 19 heavy (non-hydrogen) atoms. The van der Waals surface area contributed by atoms with Crippen molar-refractivity contribution in [1.29, 1.82) is 0 Å². The zero-order valence-corrected chi connectivity index (χ0v) is 9.81. The first kappa shape index (κ1) is 14.6. The van der Waals surface area contributed by atoms with Crippen LogP contribution in [-0.4, -0.2) is 29.5 Å². The minimum Gasteiger partial charge on any atom is -0.460 e. The second-order valence-corrected chi connectivity index (χ2v) is 3.25. The number of rotatable bonds is 2. The van der Waals surface area contributed by atoms with E-state index in [1.165, 1.54) is 6.92 Å². The number of nitrogens with zero attached hydrogens (tertiary/aromatic N) is 1. The molecule has 0 bridgehead atoms. The van der Waals surface area contributed by atoms with E-state index in [9.17, 15) is 18.4 Å². The highest BCUT2D eigenvalue weighted by molar-refractivity contribution is 6.38. The maximum Gasteiger partial charge on any atom is 0.377 e. The number of carbonyl (C=O) groups excluding carboxylic acids is 2. The Balaban J connectivity index is 2.87. The number of nitrogens with one attached hydrogen (secondary N) is 1. The van der Waals surface area contributed by atoms with E-state index in [1.807, 2.05) is 5.32 Å². The summed E-state index contributed by atoms with van der Waals surface area (Å²) in [5.41, 5.74) is -0.508. The topological polar surface area (TPSA) is 88.0 Å². The van der Waals surface area contributed by atoms with Gasteiger partial charge in [-0.15, -0.1) is 0 Å². The van der Waals surface area contributed by atoms with Crippen LogP contribution in [0.2, 0.25) is 0 Å². The van der Waals surface area contributed by atoms with Crippen molar-refractivity contribution >= 4 is 17.7 Å². The first-order valence-electron chi connectivity index (χ1n) is 5.15. The largest absolute Gasteiger partial charge is 0.460 e. The van der Waals surface area contributed by atoms with Crippen molar-refractivity contribution in [3.63, 3.8) is 0 Å². The molecule has 0 saturated heterocycles. The normalized spacial score (nSPS) is 11.0. The molecule has 1 aromatic carbocycles. The predicted molar refractivity (Wildman–Crippen MR) is 59.7 cm³/mol. The second-order valence-electron chi connectivity index (χ2n) is 3.25. The third kappa shape index (κ3) is 3.73. The molecule has 0 aliphatic rings. The lowest BCUT2D eigenvalue weighted by Gasteiger charge is -2.06. The molecule has 1 amide bonds. The Morgan fingerprint density at radius 2 is 2.11 bits per heavy atom. The fraction of sp³-hybridized carbons (Fsp3) is 0.182. The summed E-state index contributed by atoms with van der Waals surface area (Å²) in [5.74, 6) is -4.91. The van der Waals surface area contributed by atoms with Crippen LogP contribution in [0.4, 0.5) is 8.78 Å². The van der Waals surface area contributed by atoms with Crippen LogP contribution in [0.15, 0.2) is 23.4 Å². The van der Waals surface area contributed by atoms with Crippen molar-refractivity contribution < 1.29 is 28.3 Å². The lowest BCUT2D eigenvalue weighted by Crippen LogP contribution is -2.37. The van der Waals surface area contributed by atoms with Gasteiger partial charge in [-0.25, -0.2) is 13.6 Å². The highest BCUT2D eigenvalue weighted by Crippen LogP contribution is 2.09. The number of amides is 1. The van der Waals surface area contributed by atoms with Gasteiger partial charge in [0.2, 0.25) is 0 Å². The van der Waals surface area contributed by atoms with Crippen LogP contribution < -0.4 is 5.32 Å². The lowest BCUT2D eigenvalue weighted by atomic mass is 10.2. The predicted octanol–water partition coefficient (Wildman–Crippen LogP) is 1.05. The number of hydrogen-bond acceptors (Lipinski definition) is 5. The number of halogens is 2. The van der Waals surface area contributed by atoms with Crippen LogP contribution in [0.1, 0.15) is 17.3 Å². The molecule has 0 saturated carbocycles. The molecule has 0 aliphatic heterocycles. The average Bonchev–Trinajstić information content (AvgIpc) is 2.35. The molecule has 0 radical (unpaired) electrons. The molecule has 0 aromatic heterocycles. The summed E-state index contributed by atoms with van der Waals surface area (Å²) >= 11 is 0. The molecule has 6 nitrogen and oxygen atoms in total. The molecule has 0 atom stereocenters. The summed E-state index contributed by atoms with van der Waals surface area (Å²) in [4.78, 5) is 22.8. The van der Waals surface area contributed by atoms with Gasteiger partial charge >= 0.3 is 5.97 Å². The van der Waals surface area contributed by atoms with Gasteiger partial charge in [0.25, 0.3) is 11.7 Å². The first-order chi connectivity index (χ1) is 8.99. The number of carbonyl (C=O) groups is 2. The van der Waals surface area contributed by atoms with E-state index in [-0.39, 0.29) is 6.61 Å². The van der Waals surface area contributed by atoms with Crippen LogP contribution in [0.5, 0.6) is 0 Å². The van der Waals surface area contributed by atoms with E-state index < -0.39 is 34.9 Å². The Labute approximate surface area is 106 Å². The van der Waals surface area contributed by atoms with Gasteiger partial charge in [-0.1, -0.05) is 5.16 Å². The molecule has 102 valence electrons. The first-order valence-corrected chi connectivity index (χ1v) is 5.15. The number of amidine groups is 1. The van der Waals surface area contributed by atoms with E-state index in [2.05, 4.69) is 9.89 Å². The van der Waals surface area contributed by atoms with Crippen LogP contribution >= 0.6 is 0 Å². The van der Waals surface area contributed by atoms with Gasteiger partial charge in [0.05, 0.1) is 12.2 Å². The van der Waals surface area contributed by atoms with Crippen molar-refractivity contribution in [2.75, 3.05) is 6.61 Å². The number of benzene rings is 1. The zero-order valence-electron chi connectivity index (χ0n) is 9.81. The maximum atomic E-state index is 13.3. The van der Waals surface area contributed by atoms with E-state index >= 15 is 0 Å². The molecular formula is C11H10F2N2O4. The minimum atomic E-state index is -1.11. The monoisotopic (exact) mass is 272 g/mol. The Kier molecular flexibility index (Phi) is 4.92. The molecule has 1 rings (SSSR count). The summed E-state index contributed by atoms with van der Waals surface area (Å²) in [6, 6.07) is 2.27. The summed E-state index contributed by atoms with van der Waals surface area (Å²) in [6.07, 6.45) is 0. The van der Waals surface area contributed by atoms with E-state index in [4.69, 9.17) is 5.21 Å². The second kappa shape index (κ2) is 6.43. The zero-order chi connectivity index (χ0) is 14.4. The molecule has 0 spiro atoms. The third-order valence-corrected chi connectivity index (χ3v) is 1.98. The molecule has 0 aliphatic carbocycles. The SMILES string of the molecule is CCOC(=O)C(=NO)NC(=O)c1ccc(F)cc1F. The van der Waals surface area contributed by atoms with Gasteiger partial charge in [-0.05, 0) is 19.1 Å². The van der Waals surface area contributed by atoms with Crippen LogP contribution in [0, 0.1) is 11.6 Å². The highest BCUT2D eigenvalue weighted by atomic mass is 19.1. The molecule has 8 heteroatoms. The average molecular weight is 272 g/mol. The standard InChI is InChI=1S/C11H10F2N2O4/c1-2-19-11(17)9(15-18)14-10(16)7-4-3-6(12)5-8(7)13/h3-5,18H,2H2,1H3,(H,14,15,16).